The van der Waals surface area contributed by atoms with Gasteiger partial charge >= 0.3 is 0 Å². The minimum Gasteiger partial charge on any atom is -0.389 e. The lowest BCUT2D eigenvalue weighted by Gasteiger charge is -2.27. The van der Waals surface area contributed by atoms with Gasteiger partial charge in [-0.3, -0.25) is 0 Å². The lowest BCUT2D eigenvalue weighted by Crippen LogP contribution is -2.29. The molecule has 0 unspecified atom stereocenters. The van der Waals surface area contributed by atoms with E-state index in [0.29, 0.717) is 4.99 Å². The molecule has 1 fully saturated rings. The Bertz CT molecular complexity index is 470. The zero-order valence-electron chi connectivity index (χ0n) is 12.4. The molecule has 0 aromatic heterocycles. The van der Waals surface area contributed by atoms with Gasteiger partial charge in [-0.1, -0.05) is 24.4 Å². The first-order valence-electron chi connectivity index (χ1n) is 7.22. The lowest BCUT2D eigenvalue weighted by atomic mass is 9.99. The van der Waals surface area contributed by atoms with Gasteiger partial charge in [-0.05, 0) is 49.9 Å². The van der Waals surface area contributed by atoms with Crippen molar-refractivity contribution in [1.29, 1.82) is 0 Å². The third-order valence-corrected chi connectivity index (χ3v) is 4.21. The van der Waals surface area contributed by atoms with E-state index in [9.17, 15) is 0 Å². The van der Waals surface area contributed by atoms with Crippen LogP contribution in [0.1, 0.15) is 29.5 Å². The van der Waals surface area contributed by atoms with Crippen LogP contribution in [0, 0.1) is 12.8 Å². The topological polar surface area (TPSA) is 38.5 Å². The number of rotatable bonds is 5. The molecule has 0 amide bonds. The molecule has 1 aliphatic heterocycles. The van der Waals surface area contributed by atoms with Crippen LogP contribution in [-0.4, -0.2) is 36.7 Å². The third-order valence-electron chi connectivity index (χ3n) is 3.98. The van der Waals surface area contributed by atoms with Crippen LogP contribution in [0.4, 0.5) is 0 Å². The smallest absolute Gasteiger partial charge is 0.103 e. The van der Waals surface area contributed by atoms with Gasteiger partial charge in [0.25, 0.3) is 0 Å². The van der Waals surface area contributed by atoms with Crippen molar-refractivity contribution < 1.29 is 4.74 Å². The van der Waals surface area contributed by atoms with Gasteiger partial charge in [0.2, 0.25) is 0 Å². The molecular formula is C16H24N2OS. The number of hydrogen-bond donors (Lipinski definition) is 1. The summed E-state index contributed by atoms with van der Waals surface area (Å²) in [4.78, 5) is 2.87. The zero-order chi connectivity index (χ0) is 14.5. The van der Waals surface area contributed by atoms with E-state index in [1.807, 2.05) is 6.07 Å². The molecule has 0 spiro atoms. The summed E-state index contributed by atoms with van der Waals surface area (Å²) in [5.41, 5.74) is 9.22. The molecule has 0 aliphatic carbocycles. The lowest BCUT2D eigenvalue weighted by molar-refractivity contribution is 0.0549. The first-order valence-corrected chi connectivity index (χ1v) is 7.62. The second-order valence-electron chi connectivity index (χ2n) is 5.76. The largest absolute Gasteiger partial charge is 0.389 e. The quantitative estimate of drug-likeness (QED) is 0.846. The molecule has 0 saturated carbocycles. The molecule has 20 heavy (non-hydrogen) atoms. The van der Waals surface area contributed by atoms with Crippen LogP contribution < -0.4 is 5.73 Å². The van der Waals surface area contributed by atoms with Crippen LogP contribution in [0.5, 0.6) is 0 Å². The number of ether oxygens (including phenoxy) is 1. The maximum absolute atomic E-state index is 5.67. The van der Waals surface area contributed by atoms with E-state index in [-0.39, 0.29) is 0 Å². The molecule has 3 nitrogen and oxygen atoms in total. The van der Waals surface area contributed by atoms with Crippen molar-refractivity contribution in [3.8, 4) is 0 Å². The number of nitrogens with two attached hydrogens (primary N) is 1. The molecule has 0 atom stereocenters. The molecule has 110 valence electrons. The summed E-state index contributed by atoms with van der Waals surface area (Å²) in [6.07, 6.45) is 2.37. The summed E-state index contributed by atoms with van der Waals surface area (Å²) < 4.78 is 5.41. The molecule has 1 aliphatic rings. The molecule has 1 saturated heterocycles. The first kappa shape index (κ1) is 15.4. The van der Waals surface area contributed by atoms with E-state index in [0.717, 1.165) is 37.8 Å². The molecule has 2 rings (SSSR count). The number of thiocarbonyl (C=S) groups is 1. The Balaban J connectivity index is 1.93. The normalized spacial score (nSPS) is 16.6. The average Bonchev–Trinajstić information content (AvgIpc) is 2.42. The molecule has 0 radical (unpaired) electrons. The van der Waals surface area contributed by atoms with Crippen LogP contribution in [0.2, 0.25) is 0 Å². The fourth-order valence-electron chi connectivity index (χ4n) is 2.75. The van der Waals surface area contributed by atoms with Gasteiger partial charge in [-0.15, -0.1) is 0 Å². The van der Waals surface area contributed by atoms with E-state index >= 15 is 0 Å². The van der Waals surface area contributed by atoms with E-state index in [4.69, 9.17) is 22.7 Å². The Hall–Kier alpha value is -0.970. The van der Waals surface area contributed by atoms with E-state index in [2.05, 4.69) is 31.0 Å². The average molecular weight is 292 g/mol. The van der Waals surface area contributed by atoms with Gasteiger partial charge in [0.1, 0.15) is 4.99 Å². The van der Waals surface area contributed by atoms with Gasteiger partial charge in [-0.25, -0.2) is 0 Å². The highest BCUT2D eigenvalue weighted by Gasteiger charge is 2.16. The summed E-state index contributed by atoms with van der Waals surface area (Å²) in [6, 6.07) is 6.25. The van der Waals surface area contributed by atoms with E-state index in [1.165, 1.54) is 24.0 Å². The highest BCUT2D eigenvalue weighted by Crippen LogP contribution is 2.18. The molecular weight excluding hydrogens is 268 g/mol. The van der Waals surface area contributed by atoms with Crippen molar-refractivity contribution in [3.63, 3.8) is 0 Å². The number of aryl methyl sites for hydroxylation is 1. The molecule has 2 N–H and O–H groups in total. The number of benzene rings is 1. The summed E-state index contributed by atoms with van der Waals surface area (Å²) in [5.74, 6) is 0.768. The van der Waals surface area contributed by atoms with E-state index in [1.54, 1.807) is 0 Å². The Kier molecular flexibility index (Phi) is 5.52. The SMILES string of the molecule is Cc1cc(C(N)=S)ccc1CN(C)CC1CCOCC1. The maximum Gasteiger partial charge on any atom is 0.103 e. The van der Waals surface area contributed by atoms with Gasteiger partial charge < -0.3 is 15.4 Å². The summed E-state index contributed by atoms with van der Waals surface area (Å²) in [5, 5.41) is 0. The summed E-state index contributed by atoms with van der Waals surface area (Å²) in [6.45, 7) is 6.07. The van der Waals surface area contributed by atoms with Crippen molar-refractivity contribution in [2.45, 2.75) is 26.3 Å². The van der Waals surface area contributed by atoms with Crippen molar-refractivity contribution in [1.82, 2.24) is 4.90 Å². The van der Waals surface area contributed by atoms with Crippen LogP contribution >= 0.6 is 12.2 Å². The van der Waals surface area contributed by atoms with Crippen LogP contribution in [0.3, 0.4) is 0 Å². The van der Waals surface area contributed by atoms with Gasteiger partial charge in [0.15, 0.2) is 0 Å². The minimum absolute atomic E-state index is 0.468. The number of nitrogens with zero attached hydrogens (tertiary/aromatic N) is 1. The fraction of sp³-hybridized carbons (Fsp3) is 0.562. The minimum atomic E-state index is 0.468. The van der Waals surface area contributed by atoms with Crippen LogP contribution in [0.25, 0.3) is 0 Å². The highest BCUT2D eigenvalue weighted by atomic mass is 32.1. The third kappa shape index (κ3) is 4.27. The molecule has 1 aromatic rings. The molecule has 0 bridgehead atoms. The summed E-state index contributed by atoms with van der Waals surface area (Å²) >= 11 is 5.02. The standard InChI is InChI=1S/C16H24N2OS/c1-12-9-14(16(17)20)3-4-15(12)11-18(2)10-13-5-7-19-8-6-13/h3-4,9,13H,5-8,10-11H2,1-2H3,(H2,17,20). The molecule has 1 aromatic carbocycles. The fourth-order valence-corrected chi connectivity index (χ4v) is 2.88. The van der Waals surface area contributed by atoms with Gasteiger partial charge in [-0.2, -0.15) is 0 Å². The second-order valence-corrected chi connectivity index (χ2v) is 6.20. The Morgan fingerprint density at radius 2 is 2.10 bits per heavy atom. The predicted octanol–water partition coefficient (Wildman–Crippen LogP) is 2.49. The van der Waals surface area contributed by atoms with E-state index < -0.39 is 0 Å². The Morgan fingerprint density at radius 1 is 1.40 bits per heavy atom. The predicted molar refractivity (Wildman–Crippen MR) is 86.9 cm³/mol. The summed E-state index contributed by atoms with van der Waals surface area (Å²) in [7, 11) is 2.19. The van der Waals surface area contributed by atoms with Crippen LogP contribution in [0.15, 0.2) is 18.2 Å². The highest BCUT2D eigenvalue weighted by molar-refractivity contribution is 7.80. The zero-order valence-corrected chi connectivity index (χ0v) is 13.2. The van der Waals surface area contributed by atoms with Crippen molar-refractivity contribution in [2.75, 3.05) is 26.8 Å². The Morgan fingerprint density at radius 3 is 2.70 bits per heavy atom. The first-order chi connectivity index (χ1) is 9.56. The van der Waals surface area contributed by atoms with Crippen molar-refractivity contribution >= 4 is 17.2 Å². The molecule has 4 heteroatoms. The maximum atomic E-state index is 5.67. The monoisotopic (exact) mass is 292 g/mol. The van der Waals surface area contributed by atoms with Crippen molar-refractivity contribution in [3.05, 3.63) is 34.9 Å². The Labute approximate surface area is 127 Å². The number of hydrogen-bond acceptors (Lipinski definition) is 3. The van der Waals surface area contributed by atoms with Gasteiger partial charge in [0.05, 0.1) is 0 Å². The van der Waals surface area contributed by atoms with Gasteiger partial charge in [0, 0.05) is 31.9 Å². The molecule has 1 heterocycles. The van der Waals surface area contributed by atoms with Crippen molar-refractivity contribution in [2.24, 2.45) is 11.7 Å². The second kappa shape index (κ2) is 7.16. The van der Waals surface area contributed by atoms with Crippen LogP contribution in [-0.2, 0) is 11.3 Å².